The molecule has 0 aromatic heterocycles. The topological polar surface area (TPSA) is 64.6 Å². The minimum Gasteiger partial charge on any atom is -0.466 e. The van der Waals surface area contributed by atoms with Crippen LogP contribution in [0.3, 0.4) is 0 Å². The molecule has 0 unspecified atom stereocenters. The van der Waals surface area contributed by atoms with Gasteiger partial charge in [0.15, 0.2) is 0 Å². The van der Waals surface area contributed by atoms with Crippen LogP contribution in [0.5, 0.6) is 0 Å². The summed E-state index contributed by atoms with van der Waals surface area (Å²) >= 11 is 0. The molecule has 13 heavy (non-hydrogen) atoms. The first-order valence-corrected chi connectivity index (χ1v) is 4.12. The third-order valence-corrected chi connectivity index (χ3v) is 1.28. The number of hydrogen-bond acceptors (Lipinski definition) is 4. The van der Waals surface area contributed by atoms with Crippen molar-refractivity contribution in [2.24, 2.45) is 0 Å². The summed E-state index contributed by atoms with van der Waals surface area (Å²) in [4.78, 5) is 21.7. The highest BCUT2D eigenvalue weighted by atomic mass is 16.5. The van der Waals surface area contributed by atoms with E-state index < -0.39 is 0 Å². The summed E-state index contributed by atoms with van der Waals surface area (Å²) in [6.45, 7) is 2.24. The normalized spacial score (nSPS) is 9.38. The zero-order chi connectivity index (χ0) is 10.1. The molecule has 0 aromatic rings. The van der Waals surface area contributed by atoms with Gasteiger partial charge in [-0.3, -0.25) is 9.59 Å². The SMILES string of the molecule is CCOC(=O)CCC(=O)NCOC. The van der Waals surface area contributed by atoms with Crippen LogP contribution in [0, 0.1) is 0 Å². The van der Waals surface area contributed by atoms with Crippen molar-refractivity contribution in [3.63, 3.8) is 0 Å². The van der Waals surface area contributed by atoms with Crippen LogP contribution in [-0.4, -0.2) is 32.3 Å². The lowest BCUT2D eigenvalue weighted by atomic mass is 10.3. The minimum absolute atomic E-state index is 0.114. The smallest absolute Gasteiger partial charge is 0.306 e. The number of carbonyl (C=O) groups is 2. The van der Waals surface area contributed by atoms with E-state index in [0.717, 1.165) is 0 Å². The molecule has 1 N–H and O–H groups in total. The van der Waals surface area contributed by atoms with Crippen molar-refractivity contribution in [2.75, 3.05) is 20.4 Å². The Morgan fingerprint density at radius 3 is 2.54 bits per heavy atom. The maximum Gasteiger partial charge on any atom is 0.306 e. The fourth-order valence-corrected chi connectivity index (χ4v) is 0.690. The lowest BCUT2D eigenvalue weighted by Crippen LogP contribution is -2.25. The van der Waals surface area contributed by atoms with Gasteiger partial charge in [-0.1, -0.05) is 0 Å². The molecule has 76 valence electrons. The molecule has 0 fully saturated rings. The fourth-order valence-electron chi connectivity index (χ4n) is 0.690. The first kappa shape index (κ1) is 11.9. The largest absolute Gasteiger partial charge is 0.466 e. The fraction of sp³-hybridized carbons (Fsp3) is 0.750. The summed E-state index contributed by atoms with van der Waals surface area (Å²) in [5.41, 5.74) is 0. The Morgan fingerprint density at radius 1 is 1.31 bits per heavy atom. The van der Waals surface area contributed by atoms with E-state index in [1.54, 1.807) is 6.92 Å². The van der Waals surface area contributed by atoms with E-state index in [1.165, 1.54) is 7.11 Å². The van der Waals surface area contributed by atoms with Gasteiger partial charge in [0.2, 0.25) is 5.91 Å². The van der Waals surface area contributed by atoms with Gasteiger partial charge in [0, 0.05) is 13.5 Å². The number of ether oxygens (including phenoxy) is 2. The summed E-state index contributed by atoms with van der Waals surface area (Å²) < 4.78 is 9.27. The molecule has 0 atom stereocenters. The van der Waals surface area contributed by atoms with Crippen molar-refractivity contribution >= 4 is 11.9 Å². The number of nitrogens with one attached hydrogen (secondary N) is 1. The number of esters is 1. The zero-order valence-corrected chi connectivity index (χ0v) is 7.96. The molecule has 0 saturated heterocycles. The number of hydrogen-bond donors (Lipinski definition) is 1. The van der Waals surface area contributed by atoms with Crippen molar-refractivity contribution in [3.05, 3.63) is 0 Å². The van der Waals surface area contributed by atoms with Crippen LogP contribution < -0.4 is 5.32 Å². The van der Waals surface area contributed by atoms with Gasteiger partial charge in [-0.25, -0.2) is 0 Å². The molecule has 1 amide bonds. The van der Waals surface area contributed by atoms with E-state index in [0.29, 0.717) is 6.61 Å². The van der Waals surface area contributed by atoms with Gasteiger partial charge >= 0.3 is 5.97 Å². The average Bonchev–Trinajstić information content (AvgIpc) is 2.12. The maximum atomic E-state index is 10.9. The van der Waals surface area contributed by atoms with Gasteiger partial charge in [-0.2, -0.15) is 0 Å². The predicted molar refractivity (Wildman–Crippen MR) is 45.9 cm³/mol. The van der Waals surface area contributed by atoms with Gasteiger partial charge in [-0.15, -0.1) is 0 Å². The molecule has 0 aromatic carbocycles. The number of amides is 1. The monoisotopic (exact) mass is 189 g/mol. The summed E-state index contributed by atoms with van der Waals surface area (Å²) in [5.74, 6) is -0.565. The number of carbonyl (C=O) groups excluding carboxylic acids is 2. The van der Waals surface area contributed by atoms with Crippen LogP contribution in [0.1, 0.15) is 19.8 Å². The van der Waals surface area contributed by atoms with Gasteiger partial charge in [0.25, 0.3) is 0 Å². The Kier molecular flexibility index (Phi) is 6.91. The van der Waals surface area contributed by atoms with E-state index in [4.69, 9.17) is 0 Å². The summed E-state index contributed by atoms with van der Waals surface area (Å²) in [7, 11) is 1.48. The van der Waals surface area contributed by atoms with Crippen LogP contribution >= 0.6 is 0 Å². The van der Waals surface area contributed by atoms with Crippen molar-refractivity contribution in [3.8, 4) is 0 Å². The third kappa shape index (κ3) is 7.27. The van der Waals surface area contributed by atoms with E-state index >= 15 is 0 Å². The predicted octanol–water partition coefficient (Wildman–Crippen LogP) is 0.0498. The molecule has 0 aliphatic carbocycles. The van der Waals surface area contributed by atoms with Crippen LogP contribution in [0.4, 0.5) is 0 Å². The number of rotatable bonds is 6. The van der Waals surface area contributed by atoms with Crippen molar-refractivity contribution in [1.29, 1.82) is 0 Å². The van der Waals surface area contributed by atoms with Crippen molar-refractivity contribution in [2.45, 2.75) is 19.8 Å². The van der Waals surface area contributed by atoms with E-state index in [1.807, 2.05) is 0 Å². The second-order valence-electron chi connectivity index (χ2n) is 2.34. The lowest BCUT2D eigenvalue weighted by molar-refractivity contribution is -0.144. The average molecular weight is 189 g/mol. The molecule has 0 saturated carbocycles. The minimum atomic E-state index is -0.352. The molecule has 0 aliphatic heterocycles. The Bertz CT molecular complexity index is 170. The highest BCUT2D eigenvalue weighted by Crippen LogP contribution is 1.92. The van der Waals surface area contributed by atoms with Crippen LogP contribution in [0.15, 0.2) is 0 Å². The Labute approximate surface area is 77.4 Å². The molecule has 0 radical (unpaired) electrons. The summed E-state index contributed by atoms with van der Waals surface area (Å²) in [6, 6.07) is 0. The van der Waals surface area contributed by atoms with E-state index in [-0.39, 0.29) is 31.4 Å². The maximum absolute atomic E-state index is 10.9. The first-order chi connectivity index (χ1) is 6.20. The number of methoxy groups -OCH3 is 1. The van der Waals surface area contributed by atoms with Crippen molar-refractivity contribution < 1.29 is 19.1 Å². The second kappa shape index (κ2) is 7.54. The van der Waals surface area contributed by atoms with Crippen LogP contribution in [-0.2, 0) is 19.1 Å². The Balaban J connectivity index is 3.40. The molecule has 0 spiro atoms. The molecular formula is C8H15NO4. The zero-order valence-electron chi connectivity index (χ0n) is 7.96. The summed E-state index contributed by atoms with van der Waals surface area (Å²) in [6.07, 6.45) is 0.256. The van der Waals surface area contributed by atoms with Crippen LogP contribution in [0.25, 0.3) is 0 Å². The Morgan fingerprint density at radius 2 is 2.00 bits per heavy atom. The molecule has 0 heterocycles. The van der Waals surface area contributed by atoms with Gasteiger partial charge in [0.05, 0.1) is 13.0 Å². The Hall–Kier alpha value is -1.10. The first-order valence-electron chi connectivity index (χ1n) is 4.12. The van der Waals surface area contributed by atoms with E-state index in [2.05, 4.69) is 14.8 Å². The highest BCUT2D eigenvalue weighted by Gasteiger charge is 2.06. The molecule has 0 rings (SSSR count). The summed E-state index contributed by atoms with van der Waals surface area (Å²) in [5, 5.41) is 2.46. The highest BCUT2D eigenvalue weighted by molar-refractivity contribution is 5.81. The lowest BCUT2D eigenvalue weighted by Gasteiger charge is -2.03. The standard InChI is InChI=1S/C8H15NO4/c1-3-13-8(11)5-4-7(10)9-6-12-2/h3-6H2,1-2H3,(H,9,10). The van der Waals surface area contributed by atoms with Gasteiger partial charge < -0.3 is 14.8 Å². The van der Waals surface area contributed by atoms with Gasteiger partial charge in [-0.05, 0) is 6.92 Å². The van der Waals surface area contributed by atoms with Crippen molar-refractivity contribution in [1.82, 2.24) is 5.32 Å². The van der Waals surface area contributed by atoms with Gasteiger partial charge in [0.1, 0.15) is 6.73 Å². The molecule has 0 bridgehead atoms. The second-order valence-corrected chi connectivity index (χ2v) is 2.34. The molecular weight excluding hydrogens is 174 g/mol. The van der Waals surface area contributed by atoms with Crippen LogP contribution in [0.2, 0.25) is 0 Å². The molecule has 5 nitrogen and oxygen atoms in total. The quantitative estimate of drug-likeness (QED) is 0.473. The molecule has 5 heteroatoms. The molecule has 0 aliphatic rings. The van der Waals surface area contributed by atoms with E-state index in [9.17, 15) is 9.59 Å². The third-order valence-electron chi connectivity index (χ3n) is 1.28.